The van der Waals surface area contributed by atoms with Gasteiger partial charge in [0.05, 0.1) is 12.1 Å². The van der Waals surface area contributed by atoms with Crippen LogP contribution in [-0.4, -0.2) is 62.9 Å². The molecule has 0 aliphatic rings. The first-order valence-electron chi connectivity index (χ1n) is 10.4. The molecule has 0 fully saturated rings. The van der Waals surface area contributed by atoms with E-state index in [2.05, 4.69) is 43.3 Å². The zero-order valence-corrected chi connectivity index (χ0v) is 20.5. The highest BCUT2D eigenvalue weighted by Crippen LogP contribution is 2.21. The molecule has 1 aromatic carbocycles. The molecule has 2 N–H and O–H groups in total. The summed E-state index contributed by atoms with van der Waals surface area (Å²) in [5.41, 5.74) is 3.44. The van der Waals surface area contributed by atoms with Crippen LogP contribution in [0.4, 0.5) is 0 Å². The maximum atomic E-state index is 12.6. The molecular formula is C24H30N4O2S2. The summed E-state index contributed by atoms with van der Waals surface area (Å²) in [4.78, 5) is 29.4. The maximum absolute atomic E-state index is 12.6. The van der Waals surface area contributed by atoms with Crippen molar-refractivity contribution in [1.29, 1.82) is 0 Å². The number of nitrogens with one attached hydrogen (secondary N) is 2. The smallest absolute Gasteiger partial charge is 0.251 e. The van der Waals surface area contributed by atoms with Crippen LogP contribution in [0.5, 0.6) is 0 Å². The molecule has 32 heavy (non-hydrogen) atoms. The van der Waals surface area contributed by atoms with Gasteiger partial charge in [0, 0.05) is 24.2 Å². The van der Waals surface area contributed by atoms with Gasteiger partial charge in [-0.25, -0.2) is 0 Å². The van der Waals surface area contributed by atoms with Gasteiger partial charge in [-0.1, -0.05) is 0 Å². The summed E-state index contributed by atoms with van der Waals surface area (Å²) in [6.07, 6.45) is 0. The molecule has 2 heterocycles. The van der Waals surface area contributed by atoms with Gasteiger partial charge in [0.1, 0.15) is 0 Å². The van der Waals surface area contributed by atoms with E-state index >= 15 is 0 Å². The van der Waals surface area contributed by atoms with E-state index in [9.17, 15) is 9.59 Å². The van der Waals surface area contributed by atoms with Gasteiger partial charge in [0.25, 0.3) is 11.8 Å². The molecule has 0 unspecified atom stereocenters. The first-order chi connectivity index (χ1) is 15.4. The highest BCUT2D eigenvalue weighted by atomic mass is 32.1. The molecule has 2 atom stereocenters. The van der Waals surface area contributed by atoms with Crippen LogP contribution in [0.2, 0.25) is 0 Å². The highest BCUT2D eigenvalue weighted by molar-refractivity contribution is 7.08. The van der Waals surface area contributed by atoms with E-state index in [0.717, 1.165) is 0 Å². The quantitative estimate of drug-likeness (QED) is 0.472. The molecule has 2 aromatic heterocycles. The lowest BCUT2D eigenvalue weighted by molar-refractivity contribution is 0.0930. The Balaban J connectivity index is 1.55. The van der Waals surface area contributed by atoms with Crippen molar-refractivity contribution >= 4 is 34.5 Å². The number of thiophene rings is 2. The summed E-state index contributed by atoms with van der Waals surface area (Å²) in [6, 6.07) is 11.2. The van der Waals surface area contributed by atoms with Crippen LogP contribution in [0.1, 0.15) is 43.9 Å². The predicted molar refractivity (Wildman–Crippen MR) is 133 cm³/mol. The third-order valence-corrected chi connectivity index (χ3v) is 6.83. The third kappa shape index (κ3) is 6.26. The number of carbonyl (C=O) groups excluding carboxylic acids is 2. The molecule has 0 spiro atoms. The lowest BCUT2D eigenvalue weighted by Crippen LogP contribution is -2.35. The molecule has 6 nitrogen and oxygen atoms in total. The minimum absolute atomic E-state index is 0.114. The second-order valence-corrected chi connectivity index (χ2v) is 9.63. The molecule has 0 saturated heterocycles. The fourth-order valence-corrected chi connectivity index (χ4v) is 4.90. The number of amides is 2. The van der Waals surface area contributed by atoms with E-state index in [1.54, 1.807) is 46.9 Å². The summed E-state index contributed by atoms with van der Waals surface area (Å²) in [7, 11) is 8.00. The van der Waals surface area contributed by atoms with E-state index < -0.39 is 0 Å². The second kappa shape index (κ2) is 11.4. The average Bonchev–Trinajstić information content (AvgIpc) is 3.48. The van der Waals surface area contributed by atoms with E-state index in [1.165, 1.54) is 11.1 Å². The molecule has 3 rings (SSSR count). The highest BCUT2D eigenvalue weighted by Gasteiger charge is 2.18. The van der Waals surface area contributed by atoms with Crippen LogP contribution < -0.4 is 10.6 Å². The summed E-state index contributed by atoms with van der Waals surface area (Å²) in [5.74, 6) is -0.298. The Kier molecular flexibility index (Phi) is 8.58. The first-order valence-corrected chi connectivity index (χ1v) is 12.3. The summed E-state index contributed by atoms with van der Waals surface area (Å²) in [5, 5.41) is 14.3. The van der Waals surface area contributed by atoms with Gasteiger partial charge in [-0.2, -0.15) is 22.7 Å². The van der Waals surface area contributed by atoms with Gasteiger partial charge < -0.3 is 20.4 Å². The molecule has 0 radical (unpaired) electrons. The molecule has 3 aromatic rings. The van der Waals surface area contributed by atoms with Crippen LogP contribution in [-0.2, 0) is 0 Å². The standard InChI is InChI=1S/C24H30N4O2S2/c1-27(2)21(19-9-11-31-15-19)13-25-23(29)17-5-7-18(8-6-17)24(30)26-14-22(28(3)4)20-10-12-32-16-20/h5-12,15-16,21-22H,13-14H2,1-4H3,(H,25,29)(H,26,30)/t21-,22+. The lowest BCUT2D eigenvalue weighted by Gasteiger charge is -2.24. The molecule has 2 amide bonds. The van der Waals surface area contributed by atoms with Crippen molar-refractivity contribution in [1.82, 2.24) is 20.4 Å². The van der Waals surface area contributed by atoms with Gasteiger partial charge in [-0.15, -0.1) is 0 Å². The lowest BCUT2D eigenvalue weighted by atomic mass is 10.1. The fraction of sp³-hybridized carbons (Fsp3) is 0.333. The Hall–Kier alpha value is -2.52. The van der Waals surface area contributed by atoms with E-state index in [4.69, 9.17) is 0 Å². The number of benzene rings is 1. The van der Waals surface area contributed by atoms with Crippen LogP contribution in [0.25, 0.3) is 0 Å². The third-order valence-electron chi connectivity index (χ3n) is 5.42. The Morgan fingerprint density at radius 3 is 1.38 bits per heavy atom. The summed E-state index contributed by atoms with van der Waals surface area (Å²) >= 11 is 3.29. The van der Waals surface area contributed by atoms with Crippen molar-refractivity contribution in [3.8, 4) is 0 Å². The van der Waals surface area contributed by atoms with Crippen molar-refractivity contribution in [2.45, 2.75) is 12.1 Å². The zero-order valence-electron chi connectivity index (χ0n) is 18.9. The van der Waals surface area contributed by atoms with Gasteiger partial charge in [0.2, 0.25) is 0 Å². The first kappa shape index (κ1) is 24.1. The predicted octanol–water partition coefficient (Wildman–Crippen LogP) is 3.88. The molecule has 0 aliphatic carbocycles. The molecule has 170 valence electrons. The van der Waals surface area contributed by atoms with Gasteiger partial charge >= 0.3 is 0 Å². The summed E-state index contributed by atoms with van der Waals surface area (Å²) in [6.45, 7) is 1.03. The Morgan fingerprint density at radius 2 is 1.09 bits per heavy atom. The summed E-state index contributed by atoms with van der Waals surface area (Å²) < 4.78 is 0. The van der Waals surface area contributed by atoms with Crippen LogP contribution in [0, 0.1) is 0 Å². The number of likely N-dealkylation sites (N-methyl/N-ethyl adjacent to an activating group) is 2. The SMILES string of the molecule is CN(C)[C@H](CNC(=O)c1ccc(C(=O)NC[C@@H](c2ccsc2)N(C)C)cc1)c1ccsc1. The van der Waals surface area contributed by atoms with Crippen molar-refractivity contribution in [3.05, 3.63) is 80.2 Å². The maximum Gasteiger partial charge on any atom is 0.251 e. The van der Waals surface area contributed by atoms with E-state index in [1.807, 2.05) is 39.0 Å². The molecule has 8 heteroatoms. The number of hydrogen-bond donors (Lipinski definition) is 2. The van der Waals surface area contributed by atoms with Crippen LogP contribution >= 0.6 is 22.7 Å². The number of nitrogens with zero attached hydrogens (tertiary/aromatic N) is 2. The van der Waals surface area contributed by atoms with Gasteiger partial charge in [-0.3, -0.25) is 9.59 Å². The van der Waals surface area contributed by atoms with E-state index in [-0.39, 0.29) is 23.9 Å². The Bertz CT molecular complexity index is 902. The van der Waals surface area contributed by atoms with E-state index in [0.29, 0.717) is 24.2 Å². The molecule has 0 aliphatic heterocycles. The molecule has 0 bridgehead atoms. The van der Waals surface area contributed by atoms with Crippen LogP contribution in [0.15, 0.2) is 57.9 Å². The number of hydrogen-bond acceptors (Lipinski definition) is 6. The van der Waals surface area contributed by atoms with Crippen molar-refractivity contribution in [3.63, 3.8) is 0 Å². The normalized spacial score (nSPS) is 13.2. The second-order valence-electron chi connectivity index (χ2n) is 8.07. The Labute approximate surface area is 197 Å². The van der Waals surface area contributed by atoms with Crippen LogP contribution in [0.3, 0.4) is 0 Å². The Morgan fingerprint density at radius 1 is 0.719 bits per heavy atom. The minimum Gasteiger partial charge on any atom is -0.350 e. The topological polar surface area (TPSA) is 64.7 Å². The van der Waals surface area contributed by atoms with Crippen molar-refractivity contribution in [2.75, 3.05) is 41.3 Å². The minimum atomic E-state index is -0.149. The number of rotatable bonds is 10. The van der Waals surface area contributed by atoms with Crippen molar-refractivity contribution < 1.29 is 9.59 Å². The molecular weight excluding hydrogens is 440 g/mol. The largest absolute Gasteiger partial charge is 0.350 e. The van der Waals surface area contributed by atoms with Gasteiger partial charge in [0.15, 0.2) is 0 Å². The molecule has 0 saturated carbocycles. The van der Waals surface area contributed by atoms with Gasteiger partial charge in [-0.05, 0) is 97.2 Å². The fourth-order valence-electron chi connectivity index (χ4n) is 3.48. The van der Waals surface area contributed by atoms with Crippen molar-refractivity contribution in [2.24, 2.45) is 0 Å². The monoisotopic (exact) mass is 470 g/mol. The zero-order chi connectivity index (χ0) is 23.1. The number of carbonyl (C=O) groups is 2. The average molecular weight is 471 g/mol.